The van der Waals surface area contributed by atoms with Gasteiger partial charge in [0.15, 0.2) is 35.8 Å². The highest BCUT2D eigenvalue weighted by atomic mass is 35.5. The zero-order chi connectivity index (χ0) is 54.2. The molecule has 0 N–H and O–H groups in total. The third kappa shape index (κ3) is 13.5. The van der Waals surface area contributed by atoms with Gasteiger partial charge in [-0.05, 0) is 81.7 Å². The van der Waals surface area contributed by atoms with Crippen LogP contribution in [-0.4, -0.2) is 55.1 Å². The minimum absolute atomic E-state index is 0.0956. The standard InChI is InChI=1S/C30H34N2.C27H30Cl4N4O6S2/c1-5-23-11-9-12-24(6-2)29(23)31-19-15-27(16-20-31)28-17-21-32(22-18-28)30-25(7-3)13-10-14-26(30)8-4;1-3-32-22-14-18(28)20(30)16-24(22)34(10-6-12-42(36,37)38)26(32)8-5-9-27-33(4-2)23-15-19(29)21(31)17-25(23)35(27)11-7-13-43(39,40)41/h9-22H,5-8H2,1-4H3;5,8-9,14-17H,3-4,6-7,10-13H2,1-2H3,(H-,36,37,38,39,40,41)/q+2;/p-1. The van der Waals surface area contributed by atoms with Crippen LogP contribution in [0.4, 0.5) is 11.4 Å². The highest BCUT2D eigenvalue weighted by molar-refractivity contribution is 7.85. The normalized spacial score (nSPS) is 13.3. The first-order valence-electron chi connectivity index (χ1n) is 25.3. The molecule has 0 saturated carbocycles. The van der Waals surface area contributed by atoms with E-state index in [-0.39, 0.29) is 25.9 Å². The summed E-state index contributed by atoms with van der Waals surface area (Å²) in [6.07, 6.45) is 18.7. The van der Waals surface area contributed by atoms with Crippen molar-refractivity contribution in [2.75, 3.05) is 34.4 Å². The number of nitrogens with zero attached hydrogens (tertiary/aromatic N) is 6. The van der Waals surface area contributed by atoms with Crippen molar-refractivity contribution in [2.45, 2.75) is 93.2 Å². The molecule has 18 heteroatoms. The Kier molecular flexibility index (Phi) is 19.3. The number of benzene rings is 4. The number of fused-ring (bicyclic) bond motifs is 2. The fourth-order valence-corrected chi connectivity index (χ4v) is 11.4. The van der Waals surface area contributed by atoms with Gasteiger partial charge in [-0.1, -0.05) is 117 Å². The van der Waals surface area contributed by atoms with E-state index in [2.05, 4.69) is 122 Å². The van der Waals surface area contributed by atoms with E-state index < -0.39 is 31.7 Å². The number of hydrogen-bond donors (Lipinski definition) is 0. The number of rotatable bonds is 19. The Morgan fingerprint density at radius 2 is 1.00 bits per heavy atom. The van der Waals surface area contributed by atoms with Crippen LogP contribution < -0.4 is 23.5 Å². The van der Waals surface area contributed by atoms with Crippen molar-refractivity contribution in [3.05, 3.63) is 176 Å². The second kappa shape index (κ2) is 25.2. The lowest BCUT2D eigenvalue weighted by Gasteiger charge is -2.24. The van der Waals surface area contributed by atoms with Crippen molar-refractivity contribution >= 4 is 95.1 Å². The van der Waals surface area contributed by atoms with Crippen molar-refractivity contribution < 1.29 is 39.6 Å². The molecule has 3 aromatic heterocycles. The minimum atomic E-state index is -4.40. The summed E-state index contributed by atoms with van der Waals surface area (Å²) in [5, 5.41) is 1.40. The van der Waals surface area contributed by atoms with Crippen molar-refractivity contribution in [3.8, 4) is 22.5 Å². The number of hydrogen-bond acceptors (Lipinski definition) is 8. The van der Waals surface area contributed by atoms with E-state index in [1.165, 1.54) is 44.8 Å². The quantitative estimate of drug-likeness (QED) is 0.0576. The number of halogens is 4. The number of imidazole rings is 1. The zero-order valence-corrected chi connectivity index (χ0v) is 47.7. The van der Waals surface area contributed by atoms with Gasteiger partial charge in [-0.15, -0.1) is 0 Å². The molecule has 4 heterocycles. The Morgan fingerprint density at radius 3 is 1.44 bits per heavy atom. The highest BCUT2D eigenvalue weighted by Crippen LogP contribution is 2.45. The lowest BCUT2D eigenvalue weighted by Crippen LogP contribution is -2.37. The van der Waals surface area contributed by atoms with Crippen LogP contribution in [0.3, 0.4) is 0 Å². The summed E-state index contributed by atoms with van der Waals surface area (Å²) >= 11 is 25.3. The number of para-hydroxylation sites is 2. The van der Waals surface area contributed by atoms with Crippen molar-refractivity contribution in [1.82, 2.24) is 4.57 Å². The van der Waals surface area contributed by atoms with Crippen LogP contribution in [0.15, 0.2) is 128 Å². The van der Waals surface area contributed by atoms with E-state index >= 15 is 0 Å². The molecule has 0 amide bonds. The number of allylic oxidation sites excluding steroid dienone is 2. The largest absolute Gasteiger partial charge is 0.748 e. The molecule has 0 spiro atoms. The Balaban J connectivity index is 0.000000228. The molecule has 4 aromatic carbocycles. The summed E-state index contributed by atoms with van der Waals surface area (Å²) in [5.41, 5.74) is 13.7. The van der Waals surface area contributed by atoms with Gasteiger partial charge in [-0.3, -0.25) is 0 Å². The summed E-state index contributed by atoms with van der Waals surface area (Å²) in [6, 6.07) is 29.1. The van der Waals surface area contributed by atoms with Gasteiger partial charge in [-0.25, -0.2) is 26.0 Å². The first-order valence-corrected chi connectivity index (χ1v) is 30.0. The molecule has 0 saturated heterocycles. The van der Waals surface area contributed by atoms with E-state index in [0.717, 1.165) is 48.1 Å². The molecule has 0 radical (unpaired) electrons. The topological polar surface area (TPSA) is 137 Å². The smallest absolute Gasteiger partial charge is 0.282 e. The summed E-state index contributed by atoms with van der Waals surface area (Å²) < 4.78 is 76.2. The van der Waals surface area contributed by atoms with Crippen LogP contribution >= 0.6 is 46.4 Å². The molecular formula is C57H63Cl4N6O6S2+. The predicted octanol–water partition coefficient (Wildman–Crippen LogP) is 11.8. The third-order valence-electron chi connectivity index (χ3n) is 13.4. The molecule has 8 rings (SSSR count). The maximum absolute atomic E-state index is 11.3. The van der Waals surface area contributed by atoms with Crippen LogP contribution in [-0.2, 0) is 59.0 Å². The lowest BCUT2D eigenvalue weighted by atomic mass is 10.0. The second-order valence-corrected chi connectivity index (χ2v) is 22.7. The van der Waals surface area contributed by atoms with Crippen LogP contribution in [0.5, 0.6) is 0 Å². The molecule has 12 nitrogen and oxygen atoms in total. The number of pyridine rings is 2. The average molecular weight is 1130 g/mol. The Labute approximate surface area is 462 Å². The first kappa shape index (κ1) is 57.4. The van der Waals surface area contributed by atoms with Crippen LogP contribution in [0, 0.1) is 0 Å². The van der Waals surface area contributed by atoms with Gasteiger partial charge in [0.2, 0.25) is 11.4 Å². The van der Waals surface area contributed by atoms with E-state index in [4.69, 9.17) is 46.4 Å². The third-order valence-corrected chi connectivity index (χ3v) is 16.4. The van der Waals surface area contributed by atoms with Crippen LogP contribution in [0.2, 0.25) is 20.1 Å². The van der Waals surface area contributed by atoms with E-state index in [1.807, 2.05) is 51.0 Å². The summed E-state index contributed by atoms with van der Waals surface area (Å²) in [7, 11) is -8.80. The Morgan fingerprint density at radius 1 is 0.560 bits per heavy atom. The molecular weight excluding hydrogens is 1070 g/mol. The van der Waals surface area contributed by atoms with Gasteiger partial charge >= 0.3 is 0 Å². The van der Waals surface area contributed by atoms with Crippen molar-refractivity contribution in [3.63, 3.8) is 0 Å². The predicted molar refractivity (Wildman–Crippen MR) is 303 cm³/mol. The van der Waals surface area contributed by atoms with Crippen molar-refractivity contribution in [2.24, 2.45) is 0 Å². The van der Waals surface area contributed by atoms with Gasteiger partial charge < -0.3 is 18.9 Å². The van der Waals surface area contributed by atoms with E-state index in [9.17, 15) is 25.9 Å². The Hall–Kier alpha value is -5.29. The van der Waals surface area contributed by atoms with Crippen LogP contribution in [0.25, 0.3) is 39.6 Å². The molecule has 396 valence electrons. The first-order chi connectivity index (χ1) is 35.8. The SMILES string of the molecule is CCN1C(=CC=Cc2n(CC)c3cc(Cl)c(Cl)cc3[n+]2CCCS(=O)(=O)[O-])N(CCCS(=O)(=O)[O-])c2cc(Cl)c(Cl)cc21.CCc1cccc(CC)c1-[n+]1ccc(-c2cc[n+](-c3c(CC)cccc3CC)cc2)cc1. The van der Waals surface area contributed by atoms with E-state index in [0.29, 0.717) is 44.8 Å². The summed E-state index contributed by atoms with van der Waals surface area (Å²) in [5.74, 6) is 0.390. The molecule has 0 aliphatic carbocycles. The maximum Gasteiger partial charge on any atom is 0.282 e. The molecule has 75 heavy (non-hydrogen) atoms. The second-order valence-electron chi connectivity index (χ2n) is 18.0. The van der Waals surface area contributed by atoms with Crippen molar-refractivity contribution in [1.29, 1.82) is 0 Å². The van der Waals surface area contributed by atoms with Crippen LogP contribution in [0.1, 0.15) is 82.5 Å². The molecule has 1 aliphatic heterocycles. The summed E-state index contributed by atoms with van der Waals surface area (Å²) in [6.45, 7) is 14.4. The molecule has 1 aliphatic rings. The molecule has 0 atom stereocenters. The van der Waals surface area contributed by atoms with Gasteiger partial charge in [-0.2, -0.15) is 9.13 Å². The van der Waals surface area contributed by atoms with Gasteiger partial charge in [0.05, 0.1) is 64.8 Å². The molecule has 0 fully saturated rings. The van der Waals surface area contributed by atoms with Gasteiger partial charge in [0.25, 0.3) is 5.82 Å². The lowest BCUT2D eigenvalue weighted by molar-refractivity contribution is -0.673. The maximum atomic E-state index is 11.3. The zero-order valence-electron chi connectivity index (χ0n) is 43.1. The monoisotopic (exact) mass is 1130 g/mol. The number of anilines is 2. The summed E-state index contributed by atoms with van der Waals surface area (Å²) in [4.78, 5) is 3.88. The number of aryl methyl sites for hydroxylation is 6. The minimum Gasteiger partial charge on any atom is -0.748 e. The number of aromatic nitrogens is 4. The molecule has 7 aromatic rings. The van der Waals surface area contributed by atoms with Gasteiger partial charge in [0.1, 0.15) is 5.82 Å². The molecule has 0 bridgehead atoms. The average Bonchev–Trinajstić information content (AvgIpc) is 3.83. The fraction of sp³-hybridized carbons (Fsp3) is 0.316. The molecule has 0 unspecified atom stereocenters. The van der Waals surface area contributed by atoms with E-state index in [1.54, 1.807) is 24.3 Å². The fourth-order valence-electron chi connectivity index (χ4n) is 9.84. The van der Waals surface area contributed by atoms with Gasteiger partial charge in [0, 0.05) is 89.3 Å². The highest BCUT2D eigenvalue weighted by Gasteiger charge is 2.32. The Bertz CT molecular complexity index is 3330.